The van der Waals surface area contributed by atoms with E-state index in [1.54, 1.807) is 30.1 Å². The molecule has 0 radical (unpaired) electrons. The first kappa shape index (κ1) is 16.9. The van der Waals surface area contributed by atoms with Crippen molar-refractivity contribution in [1.29, 1.82) is 0 Å². The molecule has 0 amide bonds. The molecule has 1 atom stereocenters. The number of nitro benzene ring substituents is 1. The lowest BCUT2D eigenvalue weighted by atomic mass is 10.2. The van der Waals surface area contributed by atoms with Gasteiger partial charge in [-0.05, 0) is 11.6 Å². The van der Waals surface area contributed by atoms with Gasteiger partial charge in [0.05, 0.1) is 24.2 Å². The third-order valence-corrected chi connectivity index (χ3v) is 3.40. The van der Waals surface area contributed by atoms with Gasteiger partial charge in [0.15, 0.2) is 0 Å². The highest BCUT2D eigenvalue weighted by atomic mass is 16.6. The maximum absolute atomic E-state index is 11.0. The predicted octanol–water partition coefficient (Wildman–Crippen LogP) is 2.61. The fraction of sp³-hybridized carbons (Fsp3) is 0.294. The van der Waals surface area contributed by atoms with E-state index in [0.29, 0.717) is 12.3 Å². The molecule has 0 spiro atoms. The Labute approximate surface area is 135 Å². The number of rotatable bonds is 8. The Morgan fingerprint density at radius 2 is 1.83 bits per heavy atom. The van der Waals surface area contributed by atoms with Gasteiger partial charge in [-0.3, -0.25) is 10.1 Å². The first-order valence-electron chi connectivity index (χ1n) is 7.32. The fourth-order valence-corrected chi connectivity index (χ4v) is 2.30. The molecule has 2 aromatic rings. The van der Waals surface area contributed by atoms with Crippen molar-refractivity contribution in [3.63, 3.8) is 0 Å². The molecule has 6 nitrogen and oxygen atoms in total. The molecule has 0 fully saturated rings. The second kappa shape index (κ2) is 8.26. The van der Waals surface area contributed by atoms with Crippen molar-refractivity contribution in [2.24, 2.45) is 0 Å². The summed E-state index contributed by atoms with van der Waals surface area (Å²) in [5, 5.41) is 21.1. The Morgan fingerprint density at radius 3 is 2.52 bits per heavy atom. The lowest BCUT2D eigenvalue weighted by Gasteiger charge is -2.22. The molecule has 0 heterocycles. The molecule has 0 saturated heterocycles. The zero-order chi connectivity index (χ0) is 16.7. The van der Waals surface area contributed by atoms with Crippen LogP contribution in [-0.2, 0) is 11.3 Å². The summed E-state index contributed by atoms with van der Waals surface area (Å²) in [6, 6.07) is 16.2. The first-order chi connectivity index (χ1) is 11.1. The number of hydrogen-bond donors (Lipinski definition) is 1. The van der Waals surface area contributed by atoms with Crippen LogP contribution >= 0.6 is 0 Å². The molecule has 0 bridgehead atoms. The minimum Gasteiger partial charge on any atom is -0.389 e. The molecular formula is C17H20N2O4. The van der Waals surface area contributed by atoms with Crippen LogP contribution in [-0.4, -0.2) is 36.3 Å². The number of aliphatic hydroxyl groups excluding tert-OH is 1. The Hall–Kier alpha value is -2.44. The van der Waals surface area contributed by atoms with E-state index in [2.05, 4.69) is 0 Å². The molecule has 0 aromatic heterocycles. The number of benzene rings is 2. The molecule has 122 valence electrons. The average Bonchev–Trinajstić information content (AvgIpc) is 2.55. The van der Waals surface area contributed by atoms with Crippen LogP contribution in [0.15, 0.2) is 54.6 Å². The van der Waals surface area contributed by atoms with Gasteiger partial charge in [-0.25, -0.2) is 0 Å². The van der Waals surface area contributed by atoms with E-state index in [1.807, 2.05) is 30.3 Å². The molecule has 0 aliphatic rings. The van der Waals surface area contributed by atoms with E-state index >= 15 is 0 Å². The molecule has 2 rings (SSSR count). The van der Waals surface area contributed by atoms with Crippen molar-refractivity contribution in [3.8, 4) is 0 Å². The predicted molar refractivity (Wildman–Crippen MR) is 88.5 cm³/mol. The second-order valence-electron chi connectivity index (χ2n) is 5.28. The van der Waals surface area contributed by atoms with E-state index < -0.39 is 11.0 Å². The van der Waals surface area contributed by atoms with Crippen molar-refractivity contribution in [2.75, 3.05) is 25.1 Å². The molecule has 2 aromatic carbocycles. The number of anilines is 1. The molecule has 0 saturated carbocycles. The van der Waals surface area contributed by atoms with Crippen molar-refractivity contribution in [1.82, 2.24) is 0 Å². The topological polar surface area (TPSA) is 75.8 Å². The maximum Gasteiger partial charge on any atom is 0.292 e. The van der Waals surface area contributed by atoms with E-state index in [1.165, 1.54) is 6.07 Å². The molecule has 6 heteroatoms. The highest BCUT2D eigenvalue weighted by Crippen LogP contribution is 2.26. The van der Waals surface area contributed by atoms with E-state index in [9.17, 15) is 15.2 Å². The Balaban J connectivity index is 1.85. The summed E-state index contributed by atoms with van der Waals surface area (Å²) in [7, 11) is 1.71. The summed E-state index contributed by atoms with van der Waals surface area (Å²) < 4.78 is 5.49. The molecule has 23 heavy (non-hydrogen) atoms. The number of hydrogen-bond acceptors (Lipinski definition) is 5. The molecule has 1 N–H and O–H groups in total. The van der Waals surface area contributed by atoms with Gasteiger partial charge >= 0.3 is 0 Å². The number of para-hydroxylation sites is 2. The highest BCUT2D eigenvalue weighted by Gasteiger charge is 2.18. The van der Waals surface area contributed by atoms with Crippen LogP contribution < -0.4 is 4.90 Å². The molecule has 1 unspecified atom stereocenters. The zero-order valence-electron chi connectivity index (χ0n) is 13.0. The Bertz CT molecular complexity index is 634. The van der Waals surface area contributed by atoms with Gasteiger partial charge in [0, 0.05) is 19.7 Å². The lowest BCUT2D eigenvalue weighted by Crippen LogP contribution is -2.32. The van der Waals surface area contributed by atoms with Gasteiger partial charge < -0.3 is 14.7 Å². The summed E-state index contributed by atoms with van der Waals surface area (Å²) >= 11 is 0. The summed E-state index contributed by atoms with van der Waals surface area (Å²) in [6.07, 6.45) is -0.733. The number of likely N-dealkylation sites (N-methyl/N-ethyl adjacent to an activating group) is 1. The third kappa shape index (κ3) is 5.05. The minimum atomic E-state index is -0.733. The number of aliphatic hydroxyl groups is 1. The summed E-state index contributed by atoms with van der Waals surface area (Å²) in [5.41, 5.74) is 1.53. The molecular weight excluding hydrogens is 296 g/mol. The fourth-order valence-electron chi connectivity index (χ4n) is 2.30. The van der Waals surface area contributed by atoms with Gasteiger partial charge in [0.1, 0.15) is 5.69 Å². The van der Waals surface area contributed by atoms with Crippen LogP contribution in [0.2, 0.25) is 0 Å². The molecule has 0 aliphatic carbocycles. The standard InChI is InChI=1S/C17H20N2O4/c1-18(16-9-5-6-10-17(16)19(21)22)11-15(20)13-23-12-14-7-3-2-4-8-14/h2-10,15,20H,11-13H2,1H3. The van der Waals surface area contributed by atoms with Gasteiger partial charge in [-0.15, -0.1) is 0 Å². The van der Waals surface area contributed by atoms with Crippen LogP contribution in [0.25, 0.3) is 0 Å². The summed E-state index contributed by atoms with van der Waals surface area (Å²) in [6.45, 7) is 0.840. The van der Waals surface area contributed by atoms with Gasteiger partial charge in [0.2, 0.25) is 0 Å². The van der Waals surface area contributed by atoms with Crippen LogP contribution in [0.5, 0.6) is 0 Å². The number of nitro groups is 1. The van der Waals surface area contributed by atoms with Crippen molar-refractivity contribution in [2.45, 2.75) is 12.7 Å². The lowest BCUT2D eigenvalue weighted by molar-refractivity contribution is -0.384. The summed E-state index contributed by atoms with van der Waals surface area (Å²) in [5.74, 6) is 0. The van der Waals surface area contributed by atoms with Crippen molar-refractivity contribution in [3.05, 3.63) is 70.3 Å². The molecule has 0 aliphatic heterocycles. The first-order valence-corrected chi connectivity index (χ1v) is 7.32. The van der Waals surface area contributed by atoms with E-state index in [-0.39, 0.29) is 18.8 Å². The van der Waals surface area contributed by atoms with Crippen LogP contribution in [0, 0.1) is 10.1 Å². The Morgan fingerprint density at radius 1 is 1.17 bits per heavy atom. The van der Waals surface area contributed by atoms with Crippen molar-refractivity contribution < 1.29 is 14.8 Å². The monoisotopic (exact) mass is 316 g/mol. The number of ether oxygens (including phenoxy) is 1. The Kier molecular flexibility index (Phi) is 6.08. The average molecular weight is 316 g/mol. The zero-order valence-corrected chi connectivity index (χ0v) is 13.0. The van der Waals surface area contributed by atoms with Gasteiger partial charge in [-0.1, -0.05) is 42.5 Å². The third-order valence-electron chi connectivity index (χ3n) is 3.40. The largest absolute Gasteiger partial charge is 0.389 e. The maximum atomic E-state index is 11.0. The summed E-state index contributed by atoms with van der Waals surface area (Å²) in [4.78, 5) is 12.3. The SMILES string of the molecule is CN(CC(O)COCc1ccccc1)c1ccccc1[N+](=O)[O-]. The minimum absolute atomic E-state index is 0.0207. The van der Waals surface area contributed by atoms with Crippen molar-refractivity contribution >= 4 is 11.4 Å². The van der Waals surface area contributed by atoms with Crippen LogP contribution in [0.3, 0.4) is 0 Å². The van der Waals surface area contributed by atoms with E-state index in [4.69, 9.17) is 4.74 Å². The van der Waals surface area contributed by atoms with E-state index in [0.717, 1.165) is 5.56 Å². The van der Waals surface area contributed by atoms with Crippen LogP contribution in [0.1, 0.15) is 5.56 Å². The quantitative estimate of drug-likeness (QED) is 0.598. The normalized spacial score (nSPS) is 11.9. The smallest absolute Gasteiger partial charge is 0.292 e. The van der Waals surface area contributed by atoms with Gasteiger partial charge in [-0.2, -0.15) is 0 Å². The van der Waals surface area contributed by atoms with Crippen LogP contribution in [0.4, 0.5) is 11.4 Å². The number of nitrogens with zero attached hydrogens (tertiary/aromatic N) is 2. The highest BCUT2D eigenvalue weighted by molar-refractivity contribution is 5.62. The second-order valence-corrected chi connectivity index (χ2v) is 5.28. The van der Waals surface area contributed by atoms with Gasteiger partial charge in [0.25, 0.3) is 5.69 Å².